The number of anilines is 1. The van der Waals surface area contributed by atoms with E-state index >= 15 is 0 Å². The summed E-state index contributed by atoms with van der Waals surface area (Å²) in [4.78, 5) is 21.1. The van der Waals surface area contributed by atoms with Crippen LogP contribution in [0.25, 0.3) is 11.3 Å². The van der Waals surface area contributed by atoms with Crippen LogP contribution in [0.5, 0.6) is 0 Å². The van der Waals surface area contributed by atoms with Gasteiger partial charge in [0.25, 0.3) is 0 Å². The lowest BCUT2D eigenvalue weighted by molar-refractivity contribution is 0.173. The Kier molecular flexibility index (Phi) is 4.29. The van der Waals surface area contributed by atoms with E-state index in [-0.39, 0.29) is 6.03 Å². The number of oxime groups is 1. The lowest BCUT2D eigenvalue weighted by Crippen LogP contribution is -2.32. The van der Waals surface area contributed by atoms with Crippen LogP contribution in [0.2, 0.25) is 0 Å². The summed E-state index contributed by atoms with van der Waals surface area (Å²) in [5, 5.41) is 9.37. The van der Waals surface area contributed by atoms with Gasteiger partial charge < -0.3 is 15.5 Å². The van der Waals surface area contributed by atoms with Crippen LogP contribution in [0.1, 0.15) is 6.42 Å². The summed E-state index contributed by atoms with van der Waals surface area (Å²) < 4.78 is 0. The topological polar surface area (TPSA) is 75.6 Å². The molecule has 6 nitrogen and oxygen atoms in total. The van der Waals surface area contributed by atoms with E-state index in [0.717, 1.165) is 23.4 Å². The molecule has 0 unspecified atom stereocenters. The van der Waals surface area contributed by atoms with Crippen LogP contribution in [-0.2, 0) is 4.84 Å². The Bertz CT molecular complexity index is 686. The minimum absolute atomic E-state index is 0.278. The summed E-state index contributed by atoms with van der Waals surface area (Å²) in [5.74, 6) is 0. The van der Waals surface area contributed by atoms with Crippen LogP contribution in [-0.4, -0.2) is 29.9 Å². The fourth-order valence-corrected chi connectivity index (χ4v) is 2.10. The minimum atomic E-state index is -0.278. The predicted octanol–water partition coefficient (Wildman–Crippen LogP) is 2.65. The van der Waals surface area contributed by atoms with Gasteiger partial charge in [0.05, 0.1) is 18.0 Å². The minimum Gasteiger partial charge on any atom is -0.395 e. The van der Waals surface area contributed by atoms with Gasteiger partial charge in [-0.2, -0.15) is 0 Å². The van der Waals surface area contributed by atoms with Gasteiger partial charge in [-0.15, -0.1) is 0 Å². The van der Waals surface area contributed by atoms with Gasteiger partial charge in [0.2, 0.25) is 0 Å². The Morgan fingerprint density at radius 1 is 1.23 bits per heavy atom. The van der Waals surface area contributed by atoms with Crippen molar-refractivity contribution in [3.63, 3.8) is 0 Å². The first-order chi connectivity index (χ1) is 10.8. The number of carbonyl (C=O) groups is 1. The largest absolute Gasteiger partial charge is 0.395 e. The lowest BCUT2D eigenvalue weighted by atomic mass is 10.1. The van der Waals surface area contributed by atoms with Crippen molar-refractivity contribution in [2.75, 3.05) is 18.5 Å². The van der Waals surface area contributed by atoms with Crippen LogP contribution < -0.4 is 10.6 Å². The summed E-state index contributed by atoms with van der Waals surface area (Å²) >= 11 is 0. The van der Waals surface area contributed by atoms with E-state index in [1.165, 1.54) is 0 Å². The second-order valence-electron chi connectivity index (χ2n) is 4.84. The molecule has 1 aromatic heterocycles. The number of amides is 2. The molecular weight excluding hydrogens is 280 g/mol. The van der Waals surface area contributed by atoms with Crippen LogP contribution >= 0.6 is 0 Å². The molecule has 0 aliphatic carbocycles. The summed E-state index contributed by atoms with van der Waals surface area (Å²) in [6, 6.07) is 13.1. The molecule has 3 rings (SSSR count). The van der Waals surface area contributed by atoms with Crippen LogP contribution in [0.3, 0.4) is 0 Å². The number of rotatable bonds is 4. The number of pyridine rings is 1. The number of hydrogen-bond acceptors (Lipinski definition) is 4. The van der Waals surface area contributed by atoms with E-state index in [9.17, 15) is 4.79 Å². The highest BCUT2D eigenvalue weighted by atomic mass is 16.6. The molecule has 0 bridgehead atoms. The first-order valence-electron chi connectivity index (χ1n) is 7.05. The molecule has 6 heteroatoms. The van der Waals surface area contributed by atoms with Gasteiger partial charge in [0, 0.05) is 23.9 Å². The Morgan fingerprint density at radius 2 is 2.09 bits per heavy atom. The summed E-state index contributed by atoms with van der Waals surface area (Å²) in [7, 11) is 0. The zero-order valence-corrected chi connectivity index (χ0v) is 12.0. The zero-order chi connectivity index (χ0) is 15.2. The average Bonchev–Trinajstić information content (AvgIpc) is 3.08. The zero-order valence-electron chi connectivity index (χ0n) is 12.0. The molecule has 22 heavy (non-hydrogen) atoms. The molecule has 2 amide bonds. The smallest absolute Gasteiger partial charge is 0.319 e. The van der Waals surface area contributed by atoms with Crippen LogP contribution in [0.15, 0.2) is 53.8 Å². The Balaban J connectivity index is 1.61. The molecule has 1 aliphatic rings. The van der Waals surface area contributed by atoms with Crippen molar-refractivity contribution in [1.29, 1.82) is 0 Å². The molecule has 2 N–H and O–H groups in total. The maximum absolute atomic E-state index is 11.9. The van der Waals surface area contributed by atoms with E-state index in [1.54, 1.807) is 12.3 Å². The highest BCUT2D eigenvalue weighted by Crippen LogP contribution is 2.19. The van der Waals surface area contributed by atoms with E-state index < -0.39 is 0 Å². The van der Waals surface area contributed by atoms with E-state index in [1.807, 2.05) is 36.4 Å². The van der Waals surface area contributed by atoms with Crippen molar-refractivity contribution in [2.24, 2.45) is 5.16 Å². The molecule has 0 radical (unpaired) electrons. The maximum atomic E-state index is 11.9. The SMILES string of the molecule is O=C(NCC1=NOCC1)Nc1ccnc(-c2ccccc2)c1. The molecule has 0 spiro atoms. The van der Waals surface area contributed by atoms with Crippen LogP contribution in [0.4, 0.5) is 10.5 Å². The average molecular weight is 296 g/mol. The van der Waals surface area contributed by atoms with Gasteiger partial charge in [-0.1, -0.05) is 35.5 Å². The first-order valence-corrected chi connectivity index (χ1v) is 7.05. The highest BCUT2D eigenvalue weighted by Gasteiger charge is 2.10. The van der Waals surface area contributed by atoms with Gasteiger partial charge in [-0.05, 0) is 12.1 Å². The molecule has 2 heterocycles. The molecule has 0 saturated heterocycles. The third-order valence-electron chi connectivity index (χ3n) is 3.22. The fourth-order valence-electron chi connectivity index (χ4n) is 2.10. The first kappa shape index (κ1) is 14.1. The quantitative estimate of drug-likeness (QED) is 0.910. The predicted molar refractivity (Wildman–Crippen MR) is 84.7 cm³/mol. The number of nitrogens with zero attached hydrogens (tertiary/aromatic N) is 2. The van der Waals surface area contributed by atoms with Crippen LogP contribution in [0, 0.1) is 0 Å². The third-order valence-corrected chi connectivity index (χ3v) is 3.22. The summed E-state index contributed by atoms with van der Waals surface area (Å²) in [6.45, 7) is 0.978. The van der Waals surface area contributed by atoms with Gasteiger partial charge >= 0.3 is 6.03 Å². The number of urea groups is 1. The van der Waals surface area contributed by atoms with Gasteiger partial charge in [0.15, 0.2) is 0 Å². The number of benzene rings is 1. The Hall–Kier alpha value is -2.89. The fraction of sp³-hybridized carbons (Fsp3) is 0.188. The van der Waals surface area contributed by atoms with Gasteiger partial charge in [0.1, 0.15) is 6.61 Å². The molecule has 112 valence electrons. The molecular formula is C16H16N4O2. The standard InChI is InChI=1S/C16H16N4O2/c21-16(18-11-14-7-9-22-20-14)19-13-6-8-17-15(10-13)12-4-2-1-3-5-12/h1-6,8,10H,7,9,11H2,(H2,17,18,19,21). The summed E-state index contributed by atoms with van der Waals surface area (Å²) in [5.41, 5.74) is 3.35. The van der Waals surface area contributed by atoms with E-state index in [0.29, 0.717) is 18.8 Å². The molecule has 0 fully saturated rings. The van der Waals surface area contributed by atoms with Crippen molar-refractivity contribution in [3.8, 4) is 11.3 Å². The number of hydrogen-bond donors (Lipinski definition) is 2. The van der Waals surface area contributed by atoms with Gasteiger partial charge in [-0.25, -0.2) is 4.79 Å². The van der Waals surface area contributed by atoms with E-state index in [2.05, 4.69) is 20.8 Å². The monoisotopic (exact) mass is 296 g/mol. The molecule has 2 aromatic rings. The van der Waals surface area contributed by atoms with Crippen molar-refractivity contribution >= 4 is 17.4 Å². The van der Waals surface area contributed by atoms with Gasteiger partial charge in [-0.3, -0.25) is 4.98 Å². The summed E-state index contributed by atoms with van der Waals surface area (Å²) in [6.07, 6.45) is 2.43. The normalized spacial score (nSPS) is 13.2. The molecule has 1 aliphatic heterocycles. The second kappa shape index (κ2) is 6.71. The number of carbonyl (C=O) groups excluding carboxylic acids is 1. The van der Waals surface area contributed by atoms with Crippen molar-refractivity contribution in [1.82, 2.24) is 10.3 Å². The van der Waals surface area contributed by atoms with Crippen molar-refractivity contribution < 1.29 is 9.63 Å². The lowest BCUT2D eigenvalue weighted by Gasteiger charge is -2.08. The van der Waals surface area contributed by atoms with Crippen molar-refractivity contribution in [3.05, 3.63) is 48.7 Å². The molecule has 0 saturated carbocycles. The van der Waals surface area contributed by atoms with Crippen molar-refractivity contribution in [2.45, 2.75) is 6.42 Å². The molecule has 0 atom stereocenters. The molecule has 1 aromatic carbocycles. The Labute approximate surface area is 128 Å². The number of aromatic nitrogens is 1. The maximum Gasteiger partial charge on any atom is 0.319 e. The highest BCUT2D eigenvalue weighted by molar-refractivity contribution is 5.94. The number of nitrogens with one attached hydrogen (secondary N) is 2. The second-order valence-corrected chi connectivity index (χ2v) is 4.84. The third kappa shape index (κ3) is 3.60. The van der Waals surface area contributed by atoms with E-state index in [4.69, 9.17) is 4.84 Å². The Morgan fingerprint density at radius 3 is 2.86 bits per heavy atom.